The smallest absolute Gasteiger partial charge is 0.323 e. The van der Waals surface area contributed by atoms with E-state index >= 15 is 0 Å². The van der Waals surface area contributed by atoms with Crippen molar-refractivity contribution in [1.82, 2.24) is 9.99 Å². The molecule has 2 aromatic carbocycles. The summed E-state index contributed by atoms with van der Waals surface area (Å²) >= 11 is 11.5. The van der Waals surface area contributed by atoms with Gasteiger partial charge in [-0.1, -0.05) is 48.0 Å². The van der Waals surface area contributed by atoms with Crippen molar-refractivity contribution >= 4 is 58.5 Å². The van der Waals surface area contributed by atoms with Crippen LogP contribution in [0.2, 0.25) is 0 Å². The van der Waals surface area contributed by atoms with Gasteiger partial charge in [-0.05, 0) is 44.0 Å². The van der Waals surface area contributed by atoms with Crippen molar-refractivity contribution < 1.29 is 51.9 Å². The number of hydrogen-bond donors (Lipinski definition) is 3. The zero-order chi connectivity index (χ0) is 31.7. The van der Waals surface area contributed by atoms with Crippen molar-refractivity contribution in [3.05, 3.63) is 53.7 Å². The Hall–Kier alpha value is -2.55. The Morgan fingerprint density at radius 3 is 2.56 bits per heavy atom. The summed E-state index contributed by atoms with van der Waals surface area (Å²) in [5.41, 5.74) is -2.92. The minimum Gasteiger partial charge on any atom is -0.462 e. The summed E-state index contributed by atoms with van der Waals surface area (Å²) in [5.74, 6) is -2.09. The third-order valence-corrected chi connectivity index (χ3v) is 9.48. The monoisotopic (exact) mass is 662 g/mol. The largest absolute Gasteiger partial charge is 0.462 e. The highest BCUT2D eigenvalue weighted by Gasteiger charge is 2.62. The van der Waals surface area contributed by atoms with Crippen LogP contribution in [0.1, 0.15) is 27.2 Å². The van der Waals surface area contributed by atoms with Gasteiger partial charge in [-0.15, -0.1) is 0 Å². The Morgan fingerprint density at radius 1 is 1.21 bits per heavy atom. The Kier molecular flexibility index (Phi) is 10.2. The molecule has 2 aliphatic heterocycles. The number of halogens is 3. The number of ether oxygens (including phenoxy) is 2. The second kappa shape index (κ2) is 13.2. The molecule has 234 valence electrons. The highest BCUT2D eigenvalue weighted by atomic mass is 35.5. The van der Waals surface area contributed by atoms with E-state index in [1.807, 2.05) is 12.1 Å². The number of nitrogens with zero attached hydrogens (tertiary/aromatic N) is 1. The fraction of sp³-hybridized carbons (Fsp3) is 0.444. The van der Waals surface area contributed by atoms with Gasteiger partial charge in [0.05, 0.1) is 19.1 Å². The summed E-state index contributed by atoms with van der Waals surface area (Å²) in [6.45, 7) is -0.381. The highest BCUT2D eigenvalue weighted by Crippen LogP contribution is 2.50. The van der Waals surface area contributed by atoms with E-state index in [-0.39, 0.29) is 10.8 Å². The number of rotatable bonds is 11. The van der Waals surface area contributed by atoms with Crippen molar-refractivity contribution in [3.63, 3.8) is 0 Å². The fourth-order valence-electron chi connectivity index (χ4n) is 4.49. The van der Waals surface area contributed by atoms with Crippen LogP contribution < -0.4 is 9.61 Å². The van der Waals surface area contributed by atoms with E-state index in [2.05, 4.69) is 5.09 Å². The fourth-order valence-corrected chi connectivity index (χ4v) is 7.09. The number of ketones is 1. The SMILES string of the molecule is CC(C)OC(=O)[C@H](C)NP(=S)(OC[C@@]1(C(F)F)O[C@@H](N2C=C(Cl)C(=O)CC2=O)[C@H](O)[C@@H]1O)Oc1cccc2ccccc12. The predicted octanol–water partition coefficient (Wildman–Crippen LogP) is 3.35. The van der Waals surface area contributed by atoms with Crippen LogP contribution >= 0.6 is 18.2 Å². The molecule has 16 heteroatoms. The van der Waals surface area contributed by atoms with E-state index in [1.165, 1.54) is 6.92 Å². The number of nitrogens with one attached hydrogen (secondary N) is 1. The van der Waals surface area contributed by atoms with E-state index in [1.54, 1.807) is 44.2 Å². The normalized spacial score (nSPS) is 26.5. The molecule has 0 spiro atoms. The molecule has 1 fully saturated rings. The number of carbonyl (C=O) groups is 3. The second-order valence-electron chi connectivity index (χ2n) is 10.3. The van der Waals surface area contributed by atoms with E-state index in [0.29, 0.717) is 10.3 Å². The number of esters is 1. The molecule has 0 aliphatic carbocycles. The number of Topliss-reactive ketones (excluding diaryl/α,β-unsaturated/α-hetero) is 1. The highest BCUT2D eigenvalue weighted by molar-refractivity contribution is 8.09. The molecule has 0 saturated carbocycles. The van der Waals surface area contributed by atoms with Crippen LogP contribution in [0.15, 0.2) is 53.7 Å². The molecule has 1 amide bonds. The van der Waals surface area contributed by atoms with E-state index in [4.69, 9.17) is 41.9 Å². The number of fused-ring (bicyclic) bond motifs is 1. The summed E-state index contributed by atoms with van der Waals surface area (Å²) < 4.78 is 52.0. The first-order chi connectivity index (χ1) is 20.2. The number of aliphatic hydroxyl groups excluding tert-OH is 2. The van der Waals surface area contributed by atoms with Crippen LogP contribution in [-0.2, 0) is 40.2 Å². The van der Waals surface area contributed by atoms with Gasteiger partial charge in [0.1, 0.15) is 29.0 Å². The molecule has 4 rings (SSSR count). The van der Waals surface area contributed by atoms with Gasteiger partial charge >= 0.3 is 12.6 Å². The molecule has 11 nitrogen and oxygen atoms in total. The first kappa shape index (κ1) is 33.3. The molecule has 2 heterocycles. The van der Waals surface area contributed by atoms with Crippen molar-refractivity contribution in [2.45, 2.75) is 69.8 Å². The lowest BCUT2D eigenvalue weighted by atomic mass is 9.96. The number of aliphatic hydroxyl groups is 2. The summed E-state index contributed by atoms with van der Waals surface area (Å²) in [7, 11) is 0. The Labute approximate surface area is 255 Å². The summed E-state index contributed by atoms with van der Waals surface area (Å²) in [6, 6.07) is 11.1. The molecule has 2 aromatic rings. The van der Waals surface area contributed by atoms with Gasteiger partial charge in [0.15, 0.2) is 17.6 Å². The molecule has 2 aliphatic rings. The average molecular weight is 663 g/mol. The van der Waals surface area contributed by atoms with Crippen molar-refractivity contribution in [2.75, 3.05) is 6.61 Å². The average Bonchev–Trinajstić information content (AvgIpc) is 3.20. The van der Waals surface area contributed by atoms with Crippen LogP contribution in [0.3, 0.4) is 0 Å². The van der Waals surface area contributed by atoms with Gasteiger partial charge in [-0.25, -0.2) is 13.9 Å². The Morgan fingerprint density at radius 2 is 1.88 bits per heavy atom. The molecular formula is C27H30ClF2N2O9PS. The molecule has 6 atom stereocenters. The maximum Gasteiger partial charge on any atom is 0.323 e. The van der Waals surface area contributed by atoms with Crippen LogP contribution in [0.4, 0.5) is 8.78 Å². The third-order valence-electron chi connectivity index (χ3n) is 6.70. The molecule has 0 aromatic heterocycles. The lowest BCUT2D eigenvalue weighted by molar-refractivity contribution is -0.199. The number of amides is 1. The van der Waals surface area contributed by atoms with E-state index in [0.717, 1.165) is 11.6 Å². The van der Waals surface area contributed by atoms with Gasteiger partial charge in [0.2, 0.25) is 5.91 Å². The topological polar surface area (TPSA) is 144 Å². The second-order valence-corrected chi connectivity index (χ2v) is 13.8. The Bertz CT molecular complexity index is 1480. The number of alkyl halides is 2. The molecule has 1 saturated heterocycles. The lowest BCUT2D eigenvalue weighted by Gasteiger charge is -2.35. The summed E-state index contributed by atoms with van der Waals surface area (Å²) in [5, 5.41) is 25.3. The van der Waals surface area contributed by atoms with Gasteiger partial charge in [-0.3, -0.25) is 19.3 Å². The molecule has 43 heavy (non-hydrogen) atoms. The first-order valence-corrected chi connectivity index (χ1v) is 16.1. The minimum atomic E-state index is -3.94. The van der Waals surface area contributed by atoms with Crippen LogP contribution in [-0.4, -0.2) is 82.0 Å². The number of hydrogen-bond acceptors (Lipinski definition) is 10. The third kappa shape index (κ3) is 7.07. The lowest BCUT2D eigenvalue weighted by Crippen LogP contribution is -2.53. The quantitative estimate of drug-likeness (QED) is 0.185. The van der Waals surface area contributed by atoms with Gasteiger partial charge in [0, 0.05) is 11.6 Å². The number of benzene rings is 2. The van der Waals surface area contributed by atoms with Crippen molar-refractivity contribution in [2.24, 2.45) is 0 Å². The summed E-state index contributed by atoms with van der Waals surface area (Å²) in [6.07, 6.45) is -9.98. The Balaban J connectivity index is 1.66. The summed E-state index contributed by atoms with van der Waals surface area (Å²) in [4.78, 5) is 37.5. The van der Waals surface area contributed by atoms with Crippen molar-refractivity contribution in [1.29, 1.82) is 0 Å². The zero-order valence-electron chi connectivity index (χ0n) is 23.2. The van der Waals surface area contributed by atoms with Crippen LogP contribution in [0.25, 0.3) is 10.8 Å². The first-order valence-electron chi connectivity index (χ1n) is 13.1. The maximum absolute atomic E-state index is 14.7. The van der Waals surface area contributed by atoms with E-state index in [9.17, 15) is 33.4 Å². The molecule has 0 bridgehead atoms. The van der Waals surface area contributed by atoms with Gasteiger partial charge in [0.25, 0.3) is 6.43 Å². The maximum atomic E-state index is 14.7. The van der Waals surface area contributed by atoms with Crippen LogP contribution in [0.5, 0.6) is 5.75 Å². The standard InChI is InChI=1S/C27H30ClF2N2O9PS/c1-14(2)39-25(37)15(3)31-42(43,41-20-10-6-8-16-7-4-5-9-17(16)20)38-13-27(26(29)30)23(36)22(35)24(40-27)32-12-18(28)19(33)11-21(32)34/h4-10,12,14-15,22-24,26,35-36H,11,13H2,1-3H3,(H,31,43)/t15-,22+,23-,24+,27+,42?/m0/s1. The minimum absolute atomic E-state index is 0.221. The molecule has 1 unspecified atom stereocenters. The van der Waals surface area contributed by atoms with Gasteiger partial charge < -0.3 is 28.7 Å². The van der Waals surface area contributed by atoms with E-state index < -0.39 is 79.9 Å². The molecular weight excluding hydrogens is 633 g/mol. The number of carbonyl (C=O) groups excluding carboxylic acids is 3. The van der Waals surface area contributed by atoms with Crippen molar-refractivity contribution in [3.8, 4) is 5.75 Å². The van der Waals surface area contributed by atoms with Crippen LogP contribution in [0, 0.1) is 0 Å². The zero-order valence-corrected chi connectivity index (χ0v) is 25.7. The molecule has 0 radical (unpaired) electrons. The number of allylic oxidation sites excluding steroid dienone is 1. The molecule has 3 N–H and O–H groups in total. The van der Waals surface area contributed by atoms with Gasteiger partial charge in [-0.2, -0.15) is 0 Å². The predicted molar refractivity (Wildman–Crippen MR) is 155 cm³/mol.